The molecule has 3 nitrogen and oxygen atoms in total. The van der Waals surface area contributed by atoms with E-state index in [1.54, 1.807) is 0 Å². The lowest BCUT2D eigenvalue weighted by molar-refractivity contribution is 0.675. The maximum absolute atomic E-state index is 4.19. The molecule has 0 atom stereocenters. The Labute approximate surface area is 97.7 Å². The second-order valence-electron chi connectivity index (χ2n) is 4.96. The minimum atomic E-state index is 0.664. The molecular weight excluding hydrogens is 198 g/mol. The van der Waals surface area contributed by atoms with Crippen molar-refractivity contribution in [3.05, 3.63) is 24.0 Å². The second kappa shape index (κ2) is 5.30. The molecule has 1 saturated carbocycles. The largest absolute Gasteiger partial charge is 0.384 e. The summed E-state index contributed by atoms with van der Waals surface area (Å²) in [5.74, 6) is 0.664. The lowest BCUT2D eigenvalue weighted by atomic mass is 10.2. The van der Waals surface area contributed by atoms with E-state index in [1.165, 1.54) is 24.1 Å². The second-order valence-corrected chi connectivity index (χ2v) is 4.96. The molecule has 0 aromatic carbocycles. The monoisotopic (exact) mass is 219 g/mol. The molecule has 1 aliphatic rings. The van der Waals surface area contributed by atoms with Crippen molar-refractivity contribution < 1.29 is 0 Å². The van der Waals surface area contributed by atoms with Crippen molar-refractivity contribution in [1.29, 1.82) is 0 Å². The molecule has 16 heavy (non-hydrogen) atoms. The fourth-order valence-electron chi connectivity index (χ4n) is 1.60. The third-order valence-electron chi connectivity index (χ3n) is 2.76. The maximum atomic E-state index is 4.19. The predicted molar refractivity (Wildman–Crippen MR) is 67.4 cm³/mol. The summed E-state index contributed by atoms with van der Waals surface area (Å²) in [4.78, 5) is 4.19. The molecule has 0 amide bonds. The molecule has 1 fully saturated rings. The van der Waals surface area contributed by atoms with Gasteiger partial charge in [0.2, 0.25) is 0 Å². The molecule has 88 valence electrons. The van der Waals surface area contributed by atoms with Gasteiger partial charge in [0.15, 0.2) is 0 Å². The first kappa shape index (κ1) is 11.4. The number of pyridine rings is 1. The van der Waals surface area contributed by atoms with Gasteiger partial charge >= 0.3 is 0 Å². The van der Waals surface area contributed by atoms with Crippen LogP contribution in [0.4, 0.5) is 5.69 Å². The average Bonchev–Trinajstić information content (AvgIpc) is 3.08. The molecule has 1 aliphatic carbocycles. The van der Waals surface area contributed by atoms with Crippen LogP contribution in [-0.4, -0.2) is 17.6 Å². The van der Waals surface area contributed by atoms with Crippen LogP contribution in [0.2, 0.25) is 0 Å². The summed E-state index contributed by atoms with van der Waals surface area (Å²) in [6.45, 7) is 6.38. The molecule has 0 saturated heterocycles. The van der Waals surface area contributed by atoms with Gasteiger partial charge in [-0.15, -0.1) is 0 Å². The molecule has 2 rings (SSSR count). The predicted octanol–water partition coefficient (Wildman–Crippen LogP) is 2.40. The van der Waals surface area contributed by atoms with Crippen LogP contribution < -0.4 is 10.6 Å². The van der Waals surface area contributed by atoms with E-state index in [0.29, 0.717) is 5.92 Å². The van der Waals surface area contributed by atoms with Crippen LogP contribution in [0.1, 0.15) is 32.3 Å². The molecule has 1 aromatic heterocycles. The normalized spacial score (nSPS) is 15.4. The molecule has 1 heterocycles. The van der Waals surface area contributed by atoms with Gasteiger partial charge in [0, 0.05) is 42.8 Å². The Morgan fingerprint density at radius 2 is 2.25 bits per heavy atom. The third-order valence-corrected chi connectivity index (χ3v) is 2.76. The van der Waals surface area contributed by atoms with Crippen molar-refractivity contribution in [3.8, 4) is 0 Å². The van der Waals surface area contributed by atoms with Crippen molar-refractivity contribution >= 4 is 5.69 Å². The highest BCUT2D eigenvalue weighted by molar-refractivity contribution is 5.49. The van der Waals surface area contributed by atoms with Gasteiger partial charge in [-0.25, -0.2) is 0 Å². The minimum Gasteiger partial charge on any atom is -0.384 e. The van der Waals surface area contributed by atoms with Crippen molar-refractivity contribution in [2.45, 2.75) is 39.3 Å². The van der Waals surface area contributed by atoms with Crippen LogP contribution in [0.15, 0.2) is 18.5 Å². The molecule has 3 heteroatoms. The zero-order valence-electron chi connectivity index (χ0n) is 10.2. The first-order valence-electron chi connectivity index (χ1n) is 6.16. The molecule has 1 aromatic rings. The van der Waals surface area contributed by atoms with Crippen LogP contribution in [0.5, 0.6) is 0 Å². The molecular formula is C13H21N3. The Kier molecular flexibility index (Phi) is 3.78. The summed E-state index contributed by atoms with van der Waals surface area (Å²) in [6, 6.07) is 2.81. The Hall–Kier alpha value is -1.09. The van der Waals surface area contributed by atoms with Gasteiger partial charge in [0.25, 0.3) is 0 Å². The van der Waals surface area contributed by atoms with Crippen LogP contribution in [0.25, 0.3) is 0 Å². The van der Waals surface area contributed by atoms with E-state index in [0.717, 1.165) is 19.1 Å². The quantitative estimate of drug-likeness (QED) is 0.771. The van der Waals surface area contributed by atoms with E-state index < -0.39 is 0 Å². The van der Waals surface area contributed by atoms with E-state index in [-0.39, 0.29) is 0 Å². The van der Waals surface area contributed by atoms with Gasteiger partial charge in [-0.1, -0.05) is 13.8 Å². The van der Waals surface area contributed by atoms with E-state index in [4.69, 9.17) is 0 Å². The van der Waals surface area contributed by atoms with Crippen molar-refractivity contribution in [3.63, 3.8) is 0 Å². The van der Waals surface area contributed by atoms with E-state index >= 15 is 0 Å². The van der Waals surface area contributed by atoms with Crippen molar-refractivity contribution in [1.82, 2.24) is 10.3 Å². The van der Waals surface area contributed by atoms with Crippen LogP contribution in [0, 0.1) is 5.92 Å². The lowest BCUT2D eigenvalue weighted by Gasteiger charge is -2.13. The topological polar surface area (TPSA) is 37.0 Å². The fourth-order valence-corrected chi connectivity index (χ4v) is 1.60. The Balaban J connectivity index is 1.92. The number of hydrogen-bond acceptors (Lipinski definition) is 3. The number of rotatable bonds is 6. The van der Waals surface area contributed by atoms with Crippen molar-refractivity contribution in [2.24, 2.45) is 5.92 Å². The molecule has 0 bridgehead atoms. The van der Waals surface area contributed by atoms with Crippen LogP contribution in [-0.2, 0) is 6.54 Å². The summed E-state index contributed by atoms with van der Waals surface area (Å²) in [5, 5.41) is 7.00. The minimum absolute atomic E-state index is 0.664. The number of hydrogen-bond donors (Lipinski definition) is 2. The number of aromatic nitrogens is 1. The first-order valence-corrected chi connectivity index (χ1v) is 6.16. The zero-order valence-corrected chi connectivity index (χ0v) is 10.2. The number of nitrogens with one attached hydrogen (secondary N) is 2. The molecule has 0 spiro atoms. The summed E-state index contributed by atoms with van der Waals surface area (Å²) in [5.41, 5.74) is 2.49. The summed E-state index contributed by atoms with van der Waals surface area (Å²) < 4.78 is 0. The van der Waals surface area contributed by atoms with Gasteiger partial charge in [0.1, 0.15) is 0 Å². The fraction of sp³-hybridized carbons (Fsp3) is 0.615. The molecule has 0 unspecified atom stereocenters. The Morgan fingerprint density at radius 3 is 2.94 bits per heavy atom. The third kappa shape index (κ3) is 3.49. The smallest absolute Gasteiger partial charge is 0.0416 e. The first-order chi connectivity index (χ1) is 7.75. The van der Waals surface area contributed by atoms with E-state index in [9.17, 15) is 0 Å². The Morgan fingerprint density at radius 1 is 1.44 bits per heavy atom. The van der Waals surface area contributed by atoms with E-state index in [1.807, 2.05) is 12.4 Å². The van der Waals surface area contributed by atoms with Crippen LogP contribution in [0.3, 0.4) is 0 Å². The van der Waals surface area contributed by atoms with Crippen molar-refractivity contribution in [2.75, 3.05) is 11.9 Å². The summed E-state index contributed by atoms with van der Waals surface area (Å²) in [6.07, 6.45) is 6.46. The summed E-state index contributed by atoms with van der Waals surface area (Å²) in [7, 11) is 0. The Bertz CT molecular complexity index is 307. The SMILES string of the molecule is CC(C)CNc1ccncc1CNC1CC1. The van der Waals surface area contributed by atoms with Crippen LogP contribution >= 0.6 is 0 Å². The maximum Gasteiger partial charge on any atom is 0.0416 e. The average molecular weight is 219 g/mol. The highest BCUT2D eigenvalue weighted by atomic mass is 15.0. The van der Waals surface area contributed by atoms with Gasteiger partial charge in [-0.2, -0.15) is 0 Å². The van der Waals surface area contributed by atoms with Gasteiger partial charge in [0.05, 0.1) is 0 Å². The highest BCUT2D eigenvalue weighted by Crippen LogP contribution is 2.21. The number of anilines is 1. The number of nitrogens with zero attached hydrogens (tertiary/aromatic N) is 1. The zero-order chi connectivity index (χ0) is 11.4. The molecule has 2 N–H and O–H groups in total. The van der Waals surface area contributed by atoms with E-state index in [2.05, 4.69) is 35.5 Å². The standard InChI is InChI=1S/C13H21N3/c1-10(2)7-16-13-5-6-14-8-11(13)9-15-12-3-4-12/h5-6,8,10,12,15H,3-4,7,9H2,1-2H3,(H,14,16). The van der Waals surface area contributed by atoms with Gasteiger partial charge in [-0.3, -0.25) is 4.98 Å². The summed E-state index contributed by atoms with van der Waals surface area (Å²) >= 11 is 0. The van der Waals surface area contributed by atoms with Gasteiger partial charge in [-0.05, 0) is 24.8 Å². The lowest BCUT2D eigenvalue weighted by Crippen LogP contribution is -2.17. The molecule has 0 radical (unpaired) electrons. The van der Waals surface area contributed by atoms with Gasteiger partial charge < -0.3 is 10.6 Å². The molecule has 0 aliphatic heterocycles. The highest BCUT2D eigenvalue weighted by Gasteiger charge is 2.20.